The molecular formula is C14H21ClN2O2. The van der Waals surface area contributed by atoms with Crippen LogP contribution < -0.4 is 11.1 Å². The largest absolute Gasteiger partial charge is 0.390 e. The molecule has 106 valence electrons. The quantitative estimate of drug-likeness (QED) is 0.780. The maximum Gasteiger partial charge on any atom is 0.237 e. The predicted molar refractivity (Wildman–Crippen MR) is 77.1 cm³/mol. The highest BCUT2D eigenvalue weighted by atomic mass is 35.5. The molecule has 3 atom stereocenters. The summed E-state index contributed by atoms with van der Waals surface area (Å²) in [7, 11) is 0. The van der Waals surface area contributed by atoms with Crippen molar-refractivity contribution < 1.29 is 9.90 Å². The minimum Gasteiger partial charge on any atom is -0.390 e. The van der Waals surface area contributed by atoms with Gasteiger partial charge in [-0.2, -0.15) is 0 Å². The molecule has 0 saturated heterocycles. The van der Waals surface area contributed by atoms with Crippen molar-refractivity contribution in [2.75, 3.05) is 0 Å². The number of aliphatic hydroxyl groups is 1. The van der Waals surface area contributed by atoms with Gasteiger partial charge in [-0.25, -0.2) is 0 Å². The Morgan fingerprint density at radius 1 is 1.42 bits per heavy atom. The van der Waals surface area contributed by atoms with Gasteiger partial charge in [0.05, 0.1) is 18.2 Å². The molecular weight excluding hydrogens is 264 g/mol. The molecule has 1 amide bonds. The SMILES string of the molecule is CC(C)[C@@H](N)C(=O)N[C@H]1c2ccccc2C[C@H]1O.Cl. The Labute approximate surface area is 119 Å². The van der Waals surface area contributed by atoms with Gasteiger partial charge in [0, 0.05) is 6.42 Å². The van der Waals surface area contributed by atoms with Crippen LogP contribution in [0.1, 0.15) is 31.0 Å². The zero-order valence-electron chi connectivity index (χ0n) is 11.2. The number of halogens is 1. The fourth-order valence-corrected chi connectivity index (χ4v) is 2.30. The average Bonchev–Trinajstić information content (AvgIpc) is 2.65. The highest BCUT2D eigenvalue weighted by Crippen LogP contribution is 2.31. The first-order chi connectivity index (χ1) is 8.50. The lowest BCUT2D eigenvalue weighted by Gasteiger charge is -2.22. The van der Waals surface area contributed by atoms with Crippen molar-refractivity contribution in [1.82, 2.24) is 5.32 Å². The van der Waals surface area contributed by atoms with Crippen LogP contribution in [0.2, 0.25) is 0 Å². The summed E-state index contributed by atoms with van der Waals surface area (Å²) in [5.74, 6) is -0.121. The Morgan fingerprint density at radius 2 is 2.05 bits per heavy atom. The van der Waals surface area contributed by atoms with Crippen LogP contribution in [-0.2, 0) is 11.2 Å². The number of carbonyl (C=O) groups excluding carboxylic acids is 1. The van der Waals surface area contributed by atoms with Crippen LogP contribution in [0.15, 0.2) is 24.3 Å². The number of aliphatic hydroxyl groups excluding tert-OH is 1. The van der Waals surface area contributed by atoms with Crippen molar-refractivity contribution in [3.05, 3.63) is 35.4 Å². The molecule has 1 aromatic rings. The van der Waals surface area contributed by atoms with Crippen LogP contribution in [-0.4, -0.2) is 23.2 Å². The number of nitrogens with one attached hydrogen (secondary N) is 1. The second-order valence-corrected chi connectivity index (χ2v) is 5.23. The number of amides is 1. The van der Waals surface area contributed by atoms with Crippen LogP contribution in [0, 0.1) is 5.92 Å². The van der Waals surface area contributed by atoms with Gasteiger partial charge in [0.15, 0.2) is 0 Å². The highest BCUT2D eigenvalue weighted by molar-refractivity contribution is 5.85. The van der Waals surface area contributed by atoms with E-state index < -0.39 is 12.1 Å². The van der Waals surface area contributed by atoms with Crippen molar-refractivity contribution >= 4 is 18.3 Å². The van der Waals surface area contributed by atoms with Gasteiger partial charge >= 0.3 is 0 Å². The van der Waals surface area contributed by atoms with E-state index in [0.29, 0.717) is 6.42 Å². The number of benzene rings is 1. The zero-order chi connectivity index (χ0) is 13.3. The molecule has 2 rings (SSSR count). The third-order valence-corrected chi connectivity index (χ3v) is 3.52. The first kappa shape index (κ1) is 16.0. The zero-order valence-corrected chi connectivity index (χ0v) is 12.0. The van der Waals surface area contributed by atoms with E-state index in [9.17, 15) is 9.90 Å². The summed E-state index contributed by atoms with van der Waals surface area (Å²) in [6, 6.07) is 6.90. The standard InChI is InChI=1S/C14H20N2O2.ClH/c1-8(2)12(15)14(18)16-13-10-6-4-3-5-9(10)7-11(13)17;/h3-6,8,11-13,17H,7,15H2,1-2H3,(H,16,18);1H/t11-,12-,13+;/m1./s1. The molecule has 5 heteroatoms. The highest BCUT2D eigenvalue weighted by Gasteiger charge is 2.33. The molecule has 0 radical (unpaired) electrons. The third kappa shape index (κ3) is 3.26. The molecule has 0 aromatic heterocycles. The van der Waals surface area contributed by atoms with E-state index in [-0.39, 0.29) is 30.3 Å². The molecule has 0 heterocycles. The van der Waals surface area contributed by atoms with E-state index in [1.165, 1.54) is 0 Å². The van der Waals surface area contributed by atoms with Crippen molar-refractivity contribution in [3.63, 3.8) is 0 Å². The Morgan fingerprint density at radius 3 is 2.68 bits per heavy atom. The summed E-state index contributed by atoms with van der Waals surface area (Å²) in [6.07, 6.45) is 0.0172. The summed E-state index contributed by atoms with van der Waals surface area (Å²) in [5.41, 5.74) is 7.90. The smallest absolute Gasteiger partial charge is 0.237 e. The normalized spacial score (nSPS) is 22.6. The Kier molecular flexibility index (Phi) is 5.35. The Hall–Kier alpha value is -1.10. The molecule has 1 aromatic carbocycles. The maximum atomic E-state index is 11.9. The van der Waals surface area contributed by atoms with Gasteiger partial charge < -0.3 is 16.2 Å². The number of fused-ring (bicyclic) bond motifs is 1. The van der Waals surface area contributed by atoms with Gasteiger partial charge in [0.25, 0.3) is 0 Å². The van der Waals surface area contributed by atoms with Crippen LogP contribution in [0.4, 0.5) is 0 Å². The molecule has 19 heavy (non-hydrogen) atoms. The van der Waals surface area contributed by atoms with Crippen LogP contribution in [0.25, 0.3) is 0 Å². The van der Waals surface area contributed by atoms with Crippen molar-refractivity contribution in [1.29, 1.82) is 0 Å². The van der Waals surface area contributed by atoms with E-state index in [4.69, 9.17) is 5.73 Å². The summed E-state index contributed by atoms with van der Waals surface area (Å²) >= 11 is 0. The molecule has 0 aliphatic heterocycles. The molecule has 1 aliphatic rings. The maximum absolute atomic E-state index is 11.9. The van der Waals surface area contributed by atoms with Gasteiger partial charge in [-0.3, -0.25) is 4.79 Å². The van der Waals surface area contributed by atoms with Gasteiger partial charge in [0.1, 0.15) is 0 Å². The fourth-order valence-electron chi connectivity index (χ4n) is 2.30. The molecule has 1 aliphatic carbocycles. The van der Waals surface area contributed by atoms with Crippen molar-refractivity contribution in [3.8, 4) is 0 Å². The van der Waals surface area contributed by atoms with Gasteiger partial charge in [-0.15, -0.1) is 12.4 Å². The molecule has 0 bridgehead atoms. The lowest BCUT2D eigenvalue weighted by molar-refractivity contribution is -0.124. The molecule has 4 N–H and O–H groups in total. The summed E-state index contributed by atoms with van der Waals surface area (Å²) in [6.45, 7) is 3.81. The van der Waals surface area contributed by atoms with Crippen LogP contribution >= 0.6 is 12.4 Å². The second kappa shape index (κ2) is 6.37. The lowest BCUT2D eigenvalue weighted by atomic mass is 10.0. The number of hydrogen-bond acceptors (Lipinski definition) is 3. The van der Waals surface area contributed by atoms with Gasteiger partial charge in [-0.05, 0) is 17.0 Å². The van der Waals surface area contributed by atoms with Crippen LogP contribution in [0.5, 0.6) is 0 Å². The van der Waals surface area contributed by atoms with E-state index in [1.54, 1.807) is 0 Å². The monoisotopic (exact) mass is 284 g/mol. The van der Waals surface area contributed by atoms with E-state index in [1.807, 2.05) is 38.1 Å². The molecule has 4 nitrogen and oxygen atoms in total. The molecule has 0 fully saturated rings. The number of hydrogen-bond donors (Lipinski definition) is 3. The van der Waals surface area contributed by atoms with Crippen LogP contribution in [0.3, 0.4) is 0 Å². The number of rotatable bonds is 3. The van der Waals surface area contributed by atoms with Crippen molar-refractivity contribution in [2.45, 2.75) is 38.5 Å². The number of nitrogens with two attached hydrogens (primary N) is 1. The molecule has 0 unspecified atom stereocenters. The Bertz CT molecular complexity index is 451. The second-order valence-electron chi connectivity index (χ2n) is 5.23. The van der Waals surface area contributed by atoms with E-state index >= 15 is 0 Å². The first-order valence-corrected chi connectivity index (χ1v) is 6.32. The van der Waals surface area contributed by atoms with E-state index in [2.05, 4.69) is 5.32 Å². The summed E-state index contributed by atoms with van der Waals surface area (Å²) < 4.78 is 0. The lowest BCUT2D eigenvalue weighted by Crippen LogP contribution is -2.46. The molecule has 0 saturated carbocycles. The predicted octanol–water partition coefficient (Wildman–Crippen LogP) is 1.17. The van der Waals surface area contributed by atoms with Crippen molar-refractivity contribution in [2.24, 2.45) is 11.7 Å². The first-order valence-electron chi connectivity index (χ1n) is 6.32. The number of carbonyl (C=O) groups is 1. The molecule has 0 spiro atoms. The average molecular weight is 285 g/mol. The minimum absolute atomic E-state index is 0. The summed E-state index contributed by atoms with van der Waals surface area (Å²) in [4.78, 5) is 11.9. The minimum atomic E-state index is -0.564. The van der Waals surface area contributed by atoms with Gasteiger partial charge in [-0.1, -0.05) is 38.1 Å². The van der Waals surface area contributed by atoms with E-state index in [0.717, 1.165) is 11.1 Å². The third-order valence-electron chi connectivity index (χ3n) is 3.52. The Balaban J connectivity index is 0.00000180. The topological polar surface area (TPSA) is 75.4 Å². The summed E-state index contributed by atoms with van der Waals surface area (Å²) in [5, 5.41) is 12.9. The van der Waals surface area contributed by atoms with Gasteiger partial charge in [0.2, 0.25) is 5.91 Å². The fraction of sp³-hybridized carbons (Fsp3) is 0.500.